The van der Waals surface area contributed by atoms with Gasteiger partial charge in [-0.25, -0.2) is 0 Å². The lowest BCUT2D eigenvalue weighted by molar-refractivity contribution is -0.133. The maximum absolute atomic E-state index is 12.0. The summed E-state index contributed by atoms with van der Waals surface area (Å²) in [4.78, 5) is 22.1. The average molecular weight is 291 g/mol. The number of allylic oxidation sites excluding steroid dienone is 1. The molecule has 1 aliphatic heterocycles. The highest BCUT2D eigenvalue weighted by Crippen LogP contribution is 2.18. The van der Waals surface area contributed by atoms with Crippen molar-refractivity contribution in [3.63, 3.8) is 0 Å². The highest BCUT2D eigenvalue weighted by molar-refractivity contribution is 5.76. The van der Waals surface area contributed by atoms with Crippen molar-refractivity contribution in [2.24, 2.45) is 0 Å². The summed E-state index contributed by atoms with van der Waals surface area (Å²) in [5.74, 6) is 1.00. The molecule has 0 saturated carbocycles. The quantitative estimate of drug-likeness (QED) is 0.748. The van der Waals surface area contributed by atoms with Crippen molar-refractivity contribution < 1.29 is 14.3 Å². The van der Waals surface area contributed by atoms with E-state index in [1.54, 1.807) is 12.3 Å². The van der Waals surface area contributed by atoms with E-state index in [0.717, 1.165) is 19.4 Å². The van der Waals surface area contributed by atoms with Crippen LogP contribution in [0.15, 0.2) is 25.0 Å². The van der Waals surface area contributed by atoms with E-state index in [1.807, 2.05) is 4.90 Å². The van der Waals surface area contributed by atoms with Crippen LogP contribution in [0.5, 0.6) is 11.8 Å². The average Bonchev–Trinajstić information content (AvgIpc) is 2.53. The molecule has 6 heteroatoms. The van der Waals surface area contributed by atoms with E-state index in [1.165, 1.54) is 13.3 Å². The molecule has 1 aromatic rings. The Morgan fingerprint density at radius 2 is 2.33 bits per heavy atom. The van der Waals surface area contributed by atoms with E-state index >= 15 is 0 Å². The van der Waals surface area contributed by atoms with Crippen LogP contribution in [-0.4, -0.2) is 47.1 Å². The Bertz CT molecular complexity index is 493. The number of carbonyl (C=O) groups is 1. The molecule has 21 heavy (non-hydrogen) atoms. The minimum Gasteiger partial charge on any atom is -0.480 e. The third kappa shape index (κ3) is 4.44. The second-order valence-corrected chi connectivity index (χ2v) is 4.95. The lowest BCUT2D eigenvalue weighted by Crippen LogP contribution is -2.44. The van der Waals surface area contributed by atoms with Gasteiger partial charge in [-0.05, 0) is 19.3 Å². The van der Waals surface area contributed by atoms with Crippen molar-refractivity contribution in [3.05, 3.63) is 25.0 Å². The van der Waals surface area contributed by atoms with Gasteiger partial charge in [0, 0.05) is 13.0 Å². The standard InChI is InChI=1S/C15H21N3O3/c1-3-4-7-15(19)18-8-5-6-12(11-18)21-14-10-16-9-13(17-14)20-2/h3,9-10,12H,1,4-8,11H2,2H3. The molecule has 1 amide bonds. The van der Waals surface area contributed by atoms with E-state index in [9.17, 15) is 4.79 Å². The Morgan fingerprint density at radius 1 is 1.52 bits per heavy atom. The number of ether oxygens (including phenoxy) is 2. The summed E-state index contributed by atoms with van der Waals surface area (Å²) in [6.07, 6.45) is 7.86. The van der Waals surface area contributed by atoms with Crippen LogP contribution in [0.1, 0.15) is 25.7 Å². The SMILES string of the molecule is C=CCCC(=O)N1CCCC(Oc2cncc(OC)n2)C1. The smallest absolute Gasteiger partial charge is 0.235 e. The lowest BCUT2D eigenvalue weighted by atomic mass is 10.1. The minimum atomic E-state index is -0.0483. The van der Waals surface area contributed by atoms with Gasteiger partial charge in [-0.15, -0.1) is 6.58 Å². The molecule has 2 rings (SSSR count). The summed E-state index contributed by atoms with van der Waals surface area (Å²) in [6.45, 7) is 5.03. The number of aromatic nitrogens is 2. The minimum absolute atomic E-state index is 0.0483. The molecule has 0 radical (unpaired) electrons. The van der Waals surface area contributed by atoms with Gasteiger partial charge < -0.3 is 14.4 Å². The molecular formula is C15H21N3O3. The van der Waals surface area contributed by atoms with Crippen LogP contribution in [0.4, 0.5) is 0 Å². The number of carbonyl (C=O) groups excluding carboxylic acids is 1. The highest BCUT2D eigenvalue weighted by atomic mass is 16.5. The predicted octanol–water partition coefficient (Wildman–Crippen LogP) is 1.82. The summed E-state index contributed by atoms with van der Waals surface area (Å²) in [6, 6.07) is 0. The number of nitrogens with zero attached hydrogens (tertiary/aromatic N) is 3. The first-order valence-electron chi connectivity index (χ1n) is 7.14. The van der Waals surface area contributed by atoms with Gasteiger partial charge in [-0.3, -0.25) is 9.78 Å². The maximum Gasteiger partial charge on any atom is 0.235 e. The number of hydrogen-bond donors (Lipinski definition) is 0. The zero-order chi connectivity index (χ0) is 15.1. The molecule has 114 valence electrons. The van der Waals surface area contributed by atoms with Crippen LogP contribution in [0.2, 0.25) is 0 Å². The molecule has 0 bridgehead atoms. The van der Waals surface area contributed by atoms with Gasteiger partial charge in [-0.1, -0.05) is 6.08 Å². The Labute approximate surface area is 124 Å². The van der Waals surface area contributed by atoms with Crippen LogP contribution in [-0.2, 0) is 4.79 Å². The van der Waals surface area contributed by atoms with Gasteiger partial charge in [0.15, 0.2) is 0 Å². The monoisotopic (exact) mass is 291 g/mol. The van der Waals surface area contributed by atoms with Crippen molar-refractivity contribution in [2.45, 2.75) is 31.8 Å². The molecule has 0 aliphatic carbocycles. The van der Waals surface area contributed by atoms with E-state index in [0.29, 0.717) is 31.1 Å². The number of piperidine rings is 1. The van der Waals surface area contributed by atoms with Gasteiger partial charge in [0.1, 0.15) is 6.10 Å². The maximum atomic E-state index is 12.0. The zero-order valence-electron chi connectivity index (χ0n) is 12.3. The fourth-order valence-corrected chi connectivity index (χ4v) is 2.30. The molecule has 1 fully saturated rings. The van der Waals surface area contributed by atoms with Crippen LogP contribution in [0, 0.1) is 0 Å². The van der Waals surface area contributed by atoms with Crippen LogP contribution < -0.4 is 9.47 Å². The van der Waals surface area contributed by atoms with Gasteiger partial charge in [-0.2, -0.15) is 4.98 Å². The number of methoxy groups -OCH3 is 1. The molecule has 0 aromatic carbocycles. The van der Waals surface area contributed by atoms with Crippen molar-refractivity contribution in [3.8, 4) is 11.8 Å². The zero-order valence-corrected chi connectivity index (χ0v) is 12.3. The third-order valence-electron chi connectivity index (χ3n) is 3.38. The molecule has 1 unspecified atom stereocenters. The summed E-state index contributed by atoms with van der Waals surface area (Å²) in [5, 5.41) is 0. The first-order chi connectivity index (χ1) is 10.2. The van der Waals surface area contributed by atoms with E-state index in [4.69, 9.17) is 9.47 Å². The molecule has 1 aliphatic rings. The van der Waals surface area contributed by atoms with Crippen LogP contribution in [0.3, 0.4) is 0 Å². The fraction of sp³-hybridized carbons (Fsp3) is 0.533. The van der Waals surface area contributed by atoms with Crippen molar-refractivity contribution in [2.75, 3.05) is 20.2 Å². The largest absolute Gasteiger partial charge is 0.480 e. The summed E-state index contributed by atoms with van der Waals surface area (Å²) in [5.41, 5.74) is 0. The Kier molecular flexibility index (Phi) is 5.54. The second-order valence-electron chi connectivity index (χ2n) is 4.95. The van der Waals surface area contributed by atoms with Gasteiger partial charge in [0.05, 0.1) is 26.0 Å². The third-order valence-corrected chi connectivity index (χ3v) is 3.38. The predicted molar refractivity (Wildman–Crippen MR) is 78.2 cm³/mol. The summed E-state index contributed by atoms with van der Waals surface area (Å²) in [7, 11) is 1.54. The molecule has 0 spiro atoms. The van der Waals surface area contributed by atoms with Gasteiger partial charge >= 0.3 is 0 Å². The van der Waals surface area contributed by atoms with Crippen molar-refractivity contribution in [1.29, 1.82) is 0 Å². The molecule has 0 N–H and O–H groups in total. The highest BCUT2D eigenvalue weighted by Gasteiger charge is 2.24. The van der Waals surface area contributed by atoms with Gasteiger partial charge in [0.25, 0.3) is 0 Å². The lowest BCUT2D eigenvalue weighted by Gasteiger charge is -2.32. The molecule has 6 nitrogen and oxygen atoms in total. The number of hydrogen-bond acceptors (Lipinski definition) is 5. The topological polar surface area (TPSA) is 64.6 Å². The number of amides is 1. The Hall–Kier alpha value is -2.11. The molecular weight excluding hydrogens is 270 g/mol. The molecule has 1 saturated heterocycles. The van der Waals surface area contributed by atoms with Crippen molar-refractivity contribution >= 4 is 5.91 Å². The fourth-order valence-electron chi connectivity index (χ4n) is 2.30. The van der Waals surface area contributed by atoms with E-state index in [2.05, 4.69) is 16.5 Å². The molecule has 1 atom stereocenters. The van der Waals surface area contributed by atoms with E-state index in [-0.39, 0.29) is 12.0 Å². The van der Waals surface area contributed by atoms with Crippen LogP contribution >= 0.6 is 0 Å². The second kappa shape index (κ2) is 7.61. The number of rotatable bonds is 6. The normalized spacial score (nSPS) is 18.1. The first kappa shape index (κ1) is 15.3. The van der Waals surface area contributed by atoms with Crippen molar-refractivity contribution in [1.82, 2.24) is 14.9 Å². The molecule has 1 aromatic heterocycles. The summed E-state index contributed by atoms with van der Waals surface area (Å²) < 4.78 is 10.8. The Balaban J connectivity index is 1.91. The summed E-state index contributed by atoms with van der Waals surface area (Å²) >= 11 is 0. The van der Waals surface area contributed by atoms with E-state index < -0.39 is 0 Å². The Morgan fingerprint density at radius 3 is 3.10 bits per heavy atom. The molecule has 2 heterocycles. The van der Waals surface area contributed by atoms with Crippen LogP contribution in [0.25, 0.3) is 0 Å². The number of likely N-dealkylation sites (tertiary alicyclic amines) is 1. The van der Waals surface area contributed by atoms with Gasteiger partial charge in [0.2, 0.25) is 17.7 Å². The first-order valence-corrected chi connectivity index (χ1v) is 7.14.